The molecule has 0 spiro atoms. The van der Waals surface area contributed by atoms with Crippen molar-refractivity contribution in [1.82, 2.24) is 5.32 Å². The van der Waals surface area contributed by atoms with Crippen LogP contribution in [0.5, 0.6) is 0 Å². The molecule has 1 rings (SSSR count). The van der Waals surface area contributed by atoms with Gasteiger partial charge in [-0.25, -0.2) is 0 Å². The zero-order valence-electron chi connectivity index (χ0n) is 9.85. The number of rotatable bonds is 6. The Labute approximate surface area is 101 Å². The van der Waals surface area contributed by atoms with Crippen LogP contribution in [0.15, 0.2) is 30.3 Å². The van der Waals surface area contributed by atoms with E-state index in [1.54, 1.807) is 24.3 Å². The van der Waals surface area contributed by atoms with Gasteiger partial charge in [-0.2, -0.15) is 0 Å². The van der Waals surface area contributed by atoms with Gasteiger partial charge in [-0.1, -0.05) is 37.3 Å². The van der Waals surface area contributed by atoms with E-state index in [9.17, 15) is 14.7 Å². The molecular weight excluding hydrogens is 218 g/mol. The van der Waals surface area contributed by atoms with Crippen LogP contribution >= 0.6 is 0 Å². The molecule has 1 atom stereocenters. The maximum Gasteiger partial charge on any atom is 0.227 e. The van der Waals surface area contributed by atoms with Crippen LogP contribution < -0.4 is 5.32 Å². The third-order valence-corrected chi connectivity index (χ3v) is 2.42. The van der Waals surface area contributed by atoms with E-state index in [1.165, 1.54) is 0 Å². The Morgan fingerprint density at radius 1 is 1.29 bits per heavy atom. The highest BCUT2D eigenvalue weighted by molar-refractivity contribution is 6.07. The first kappa shape index (κ1) is 13.4. The molecule has 0 aliphatic carbocycles. The summed E-state index contributed by atoms with van der Waals surface area (Å²) < 4.78 is 0. The molecule has 0 aliphatic rings. The lowest BCUT2D eigenvalue weighted by atomic mass is 10.1. The molecule has 0 saturated heterocycles. The molecule has 0 heterocycles. The van der Waals surface area contributed by atoms with Crippen molar-refractivity contribution in [3.63, 3.8) is 0 Å². The number of aliphatic hydroxyl groups is 1. The Hall–Kier alpha value is -1.68. The molecular formula is C13H17NO3. The van der Waals surface area contributed by atoms with Crippen molar-refractivity contribution in [3.8, 4) is 0 Å². The third-order valence-electron chi connectivity index (χ3n) is 2.42. The fourth-order valence-corrected chi connectivity index (χ4v) is 1.31. The van der Waals surface area contributed by atoms with Gasteiger partial charge in [-0.3, -0.25) is 9.59 Å². The molecule has 0 fully saturated rings. The van der Waals surface area contributed by atoms with E-state index in [0.29, 0.717) is 12.0 Å². The topological polar surface area (TPSA) is 66.4 Å². The van der Waals surface area contributed by atoms with Crippen LogP contribution in [0.2, 0.25) is 0 Å². The Kier molecular flexibility index (Phi) is 5.36. The summed E-state index contributed by atoms with van der Waals surface area (Å²) in [5.74, 6) is -0.569. The summed E-state index contributed by atoms with van der Waals surface area (Å²) in [6.07, 6.45) is -0.154. The molecule has 0 aromatic heterocycles. The van der Waals surface area contributed by atoms with Crippen molar-refractivity contribution in [3.05, 3.63) is 35.9 Å². The minimum Gasteiger partial charge on any atom is -0.391 e. The van der Waals surface area contributed by atoms with Crippen molar-refractivity contribution in [2.45, 2.75) is 25.9 Å². The van der Waals surface area contributed by atoms with Crippen molar-refractivity contribution in [1.29, 1.82) is 0 Å². The van der Waals surface area contributed by atoms with Gasteiger partial charge in [0.25, 0.3) is 0 Å². The monoisotopic (exact) mass is 235 g/mol. The summed E-state index contributed by atoms with van der Waals surface area (Å²) >= 11 is 0. The molecule has 92 valence electrons. The van der Waals surface area contributed by atoms with Gasteiger partial charge in [0.1, 0.15) is 0 Å². The second kappa shape index (κ2) is 6.81. The number of hydrogen-bond donors (Lipinski definition) is 2. The van der Waals surface area contributed by atoms with Gasteiger partial charge in [-0.15, -0.1) is 0 Å². The summed E-state index contributed by atoms with van der Waals surface area (Å²) in [6.45, 7) is 2.02. The number of carbonyl (C=O) groups is 2. The summed E-state index contributed by atoms with van der Waals surface area (Å²) in [6, 6.07) is 8.68. The van der Waals surface area contributed by atoms with E-state index >= 15 is 0 Å². The molecule has 17 heavy (non-hydrogen) atoms. The second-order valence-electron chi connectivity index (χ2n) is 3.83. The normalized spacial score (nSPS) is 11.9. The molecule has 1 aromatic carbocycles. The van der Waals surface area contributed by atoms with Gasteiger partial charge in [0.05, 0.1) is 12.5 Å². The molecule has 0 radical (unpaired) electrons. The fourth-order valence-electron chi connectivity index (χ4n) is 1.31. The fraction of sp³-hybridized carbons (Fsp3) is 0.385. The van der Waals surface area contributed by atoms with Crippen LogP contribution in [0, 0.1) is 0 Å². The Balaban J connectivity index is 2.39. The first-order valence-electron chi connectivity index (χ1n) is 5.66. The predicted octanol–water partition coefficient (Wildman–Crippen LogP) is 1.15. The summed E-state index contributed by atoms with van der Waals surface area (Å²) in [7, 11) is 0. The summed E-state index contributed by atoms with van der Waals surface area (Å²) in [5.41, 5.74) is 0.527. The van der Waals surface area contributed by atoms with E-state index in [-0.39, 0.29) is 24.7 Å². The Bertz CT molecular complexity index is 376. The number of benzene rings is 1. The molecule has 4 nitrogen and oxygen atoms in total. The standard InChI is InChI=1S/C13H17NO3/c1-2-11(15)9-14-13(17)8-12(16)10-6-4-3-5-7-10/h3-7,11,15H,2,8-9H2,1H3,(H,14,17). The molecule has 0 bridgehead atoms. The molecule has 1 unspecified atom stereocenters. The molecule has 1 aromatic rings. The Morgan fingerprint density at radius 3 is 2.53 bits per heavy atom. The van der Waals surface area contributed by atoms with Crippen LogP contribution in [0.25, 0.3) is 0 Å². The Morgan fingerprint density at radius 2 is 1.94 bits per heavy atom. The van der Waals surface area contributed by atoms with Crippen molar-refractivity contribution < 1.29 is 14.7 Å². The van der Waals surface area contributed by atoms with Gasteiger partial charge < -0.3 is 10.4 Å². The molecule has 2 N–H and O–H groups in total. The maximum atomic E-state index is 11.6. The van der Waals surface area contributed by atoms with Crippen molar-refractivity contribution >= 4 is 11.7 Å². The van der Waals surface area contributed by atoms with Gasteiger partial charge in [0.15, 0.2) is 5.78 Å². The quantitative estimate of drug-likeness (QED) is 0.574. The first-order valence-corrected chi connectivity index (χ1v) is 5.66. The van der Waals surface area contributed by atoms with Gasteiger partial charge in [0, 0.05) is 12.1 Å². The number of ketones is 1. The SMILES string of the molecule is CCC(O)CNC(=O)CC(=O)c1ccccc1. The van der Waals surface area contributed by atoms with Crippen LogP contribution in [0.1, 0.15) is 30.1 Å². The largest absolute Gasteiger partial charge is 0.391 e. The zero-order chi connectivity index (χ0) is 12.7. The smallest absolute Gasteiger partial charge is 0.227 e. The number of Topliss-reactive ketones (excluding diaryl/α,β-unsaturated/α-hetero) is 1. The highest BCUT2D eigenvalue weighted by Gasteiger charge is 2.11. The molecule has 4 heteroatoms. The lowest BCUT2D eigenvalue weighted by molar-refractivity contribution is -0.120. The highest BCUT2D eigenvalue weighted by Crippen LogP contribution is 2.02. The minimum absolute atomic E-state index is 0.180. The highest BCUT2D eigenvalue weighted by atomic mass is 16.3. The van der Waals surface area contributed by atoms with Crippen molar-refractivity contribution in [2.24, 2.45) is 0 Å². The van der Waals surface area contributed by atoms with E-state index < -0.39 is 6.10 Å². The molecule has 0 saturated carbocycles. The first-order chi connectivity index (χ1) is 8.13. The molecule has 1 amide bonds. The third kappa shape index (κ3) is 4.78. The predicted molar refractivity (Wildman–Crippen MR) is 64.7 cm³/mol. The van der Waals surface area contributed by atoms with E-state index in [1.807, 2.05) is 13.0 Å². The zero-order valence-corrected chi connectivity index (χ0v) is 9.85. The van der Waals surface area contributed by atoms with Crippen LogP contribution in [-0.4, -0.2) is 29.4 Å². The minimum atomic E-state index is -0.550. The van der Waals surface area contributed by atoms with Crippen molar-refractivity contribution in [2.75, 3.05) is 6.54 Å². The lowest BCUT2D eigenvalue weighted by Gasteiger charge is -2.08. The van der Waals surface area contributed by atoms with E-state index in [2.05, 4.69) is 5.32 Å². The number of carbonyl (C=O) groups excluding carboxylic acids is 2. The number of hydrogen-bond acceptors (Lipinski definition) is 3. The summed E-state index contributed by atoms with van der Waals surface area (Å²) in [4.78, 5) is 23.1. The molecule has 0 aliphatic heterocycles. The van der Waals surface area contributed by atoms with E-state index in [0.717, 1.165) is 0 Å². The van der Waals surface area contributed by atoms with Gasteiger partial charge >= 0.3 is 0 Å². The summed E-state index contributed by atoms with van der Waals surface area (Å²) in [5, 5.41) is 11.8. The average Bonchev–Trinajstić information content (AvgIpc) is 2.36. The number of amides is 1. The maximum absolute atomic E-state index is 11.6. The second-order valence-corrected chi connectivity index (χ2v) is 3.83. The van der Waals surface area contributed by atoms with Crippen LogP contribution in [-0.2, 0) is 4.79 Å². The van der Waals surface area contributed by atoms with Gasteiger partial charge in [0.2, 0.25) is 5.91 Å². The average molecular weight is 235 g/mol. The van der Waals surface area contributed by atoms with Crippen LogP contribution in [0.4, 0.5) is 0 Å². The van der Waals surface area contributed by atoms with Crippen LogP contribution in [0.3, 0.4) is 0 Å². The number of aliphatic hydroxyl groups excluding tert-OH is 1. The van der Waals surface area contributed by atoms with E-state index in [4.69, 9.17) is 0 Å². The number of nitrogens with one attached hydrogen (secondary N) is 1. The lowest BCUT2D eigenvalue weighted by Crippen LogP contribution is -2.32. The van der Waals surface area contributed by atoms with Gasteiger partial charge in [-0.05, 0) is 6.42 Å².